The highest BCUT2D eigenvalue weighted by Gasteiger charge is 2.55. The molecule has 6 aliphatic carbocycles. The molecule has 0 aromatic heterocycles. The van der Waals surface area contributed by atoms with Crippen molar-refractivity contribution < 1.29 is 48.1 Å². The van der Waals surface area contributed by atoms with Gasteiger partial charge in [-0.05, 0) is 293 Å². The lowest BCUT2D eigenvalue weighted by atomic mass is 9.68. The van der Waals surface area contributed by atoms with Crippen LogP contribution in [0.15, 0.2) is 146 Å². The lowest BCUT2D eigenvalue weighted by Crippen LogP contribution is -2.37. The molecule has 0 radical (unpaired) electrons. The maximum Gasteiger partial charge on any atom is 0.204 e. The molecule has 0 heterocycles. The molecule has 690 valence electrons. The molecule has 6 saturated carbocycles. The van der Waals surface area contributed by atoms with Gasteiger partial charge >= 0.3 is 0 Å². The number of ether oxygens (including phenoxy) is 8. The molecule has 15 atom stereocenters. The quantitative estimate of drug-likeness (QED) is 0.0366. The van der Waals surface area contributed by atoms with Crippen LogP contribution in [0.1, 0.15) is 414 Å². The maximum absolute atomic E-state index is 9.01. The van der Waals surface area contributed by atoms with Crippen LogP contribution in [-0.2, 0) is 18.9 Å². The summed E-state index contributed by atoms with van der Waals surface area (Å²) in [6.07, 6.45) is 38.5. The fourth-order valence-corrected chi connectivity index (χ4v) is 19.3. The average molecular weight is 1700 g/mol. The van der Waals surface area contributed by atoms with Gasteiger partial charge in [-0.2, -0.15) is 0 Å². The molecule has 123 heavy (non-hydrogen) atoms. The fraction of sp³-hybridized carbons (Fsp3) is 0.681. The van der Waals surface area contributed by atoms with E-state index in [1.165, 1.54) is 187 Å². The minimum absolute atomic E-state index is 0.0559. The zero-order chi connectivity index (χ0) is 89.5. The Balaban J connectivity index is 0.000000209. The second-order valence-electron chi connectivity index (χ2n) is 40.6. The topological polar surface area (TPSA) is 114 Å². The number of phenols is 2. The van der Waals surface area contributed by atoms with Gasteiger partial charge in [-0.3, -0.25) is 0 Å². The van der Waals surface area contributed by atoms with Gasteiger partial charge in [0, 0.05) is 24.2 Å². The van der Waals surface area contributed by atoms with Crippen LogP contribution in [0, 0.1) is 64.6 Å². The van der Waals surface area contributed by atoms with E-state index in [1.807, 2.05) is 50.2 Å². The van der Waals surface area contributed by atoms with Gasteiger partial charge < -0.3 is 48.1 Å². The third-order valence-corrected chi connectivity index (χ3v) is 28.4. The molecule has 0 saturated heterocycles. The van der Waals surface area contributed by atoms with Crippen molar-refractivity contribution in [1.82, 2.24) is 0 Å². The zero-order valence-corrected chi connectivity index (χ0v) is 82.0. The first-order valence-corrected chi connectivity index (χ1v) is 50.1. The molecular formula is C113H178O10. The number of benzene rings is 6. The summed E-state index contributed by atoms with van der Waals surface area (Å²) < 4.78 is 50.0. The number of fused-ring (bicyclic) bond motifs is 5. The minimum atomic E-state index is -0.239. The fourth-order valence-electron chi connectivity index (χ4n) is 19.3. The number of hydrogen-bond acceptors (Lipinski definition) is 10. The molecule has 12 rings (SSSR count). The second-order valence-corrected chi connectivity index (χ2v) is 40.6. The Bertz CT molecular complexity index is 3610. The third-order valence-electron chi connectivity index (χ3n) is 28.4. The smallest absolute Gasteiger partial charge is 0.204 e. The molecule has 15 unspecified atom stereocenters. The van der Waals surface area contributed by atoms with Gasteiger partial charge in [0.15, 0.2) is 12.6 Å². The van der Waals surface area contributed by atoms with Crippen molar-refractivity contribution in [2.45, 2.75) is 424 Å². The van der Waals surface area contributed by atoms with Gasteiger partial charge in [0.1, 0.15) is 34.5 Å². The molecule has 0 amide bonds. The summed E-state index contributed by atoms with van der Waals surface area (Å²) in [5, 5.41) is 18.0. The molecule has 2 bridgehead atoms. The summed E-state index contributed by atoms with van der Waals surface area (Å²) in [5.74, 6) is 16.0. The van der Waals surface area contributed by atoms with Crippen molar-refractivity contribution in [3.05, 3.63) is 179 Å². The molecule has 0 spiro atoms. The molecule has 6 fully saturated rings. The lowest BCUT2D eigenvalue weighted by molar-refractivity contribution is -0.162. The van der Waals surface area contributed by atoms with Crippen LogP contribution in [0.3, 0.4) is 0 Å². The van der Waals surface area contributed by atoms with E-state index in [4.69, 9.17) is 48.1 Å². The first kappa shape index (κ1) is 104. The molecule has 6 aromatic rings. The number of rotatable bonds is 37. The molecule has 10 heteroatoms. The van der Waals surface area contributed by atoms with Crippen LogP contribution in [0.25, 0.3) is 0 Å². The summed E-state index contributed by atoms with van der Waals surface area (Å²) >= 11 is 0. The van der Waals surface area contributed by atoms with Crippen molar-refractivity contribution in [3.8, 4) is 34.5 Å². The molecule has 6 aromatic carbocycles. The van der Waals surface area contributed by atoms with Gasteiger partial charge in [0.2, 0.25) is 12.6 Å². The van der Waals surface area contributed by atoms with Gasteiger partial charge in [-0.25, -0.2) is 0 Å². The monoisotopic (exact) mass is 1700 g/mol. The summed E-state index contributed by atoms with van der Waals surface area (Å²) in [6, 6.07) is 49.2. The Hall–Kier alpha value is -6.04. The van der Waals surface area contributed by atoms with Crippen LogP contribution in [0.5, 0.6) is 34.5 Å². The van der Waals surface area contributed by atoms with Crippen LogP contribution in [0.4, 0.5) is 0 Å². The van der Waals surface area contributed by atoms with Crippen molar-refractivity contribution in [3.63, 3.8) is 0 Å². The SMILES string of the molecule is CCC(C)c1ccc(O)cc1.CCC(C)c1ccc(O)cc1.CCC(C)c1ccc(OC(CC(C)C)OCCC2CCCCC2)cc1.CCC(C)c1ccc(OC(CC(C2CCCCC2)C2CCCCC2)OC(C)C)cc1.CCC(C)c1ccc(OC(OC(C)C)C(C)(C)C)cc1.CCC(C)c1ccc(OC(OC2CC3CC2C2CCCC32)C(C)C)cc1. The van der Waals surface area contributed by atoms with Crippen molar-refractivity contribution in [1.29, 1.82) is 0 Å². The van der Waals surface area contributed by atoms with E-state index in [-0.39, 0.29) is 42.8 Å². The van der Waals surface area contributed by atoms with E-state index in [0.29, 0.717) is 64.9 Å². The van der Waals surface area contributed by atoms with Crippen LogP contribution in [0.2, 0.25) is 0 Å². The Morgan fingerprint density at radius 1 is 0.350 bits per heavy atom. The Morgan fingerprint density at radius 3 is 1.06 bits per heavy atom. The first-order chi connectivity index (χ1) is 58.9. The van der Waals surface area contributed by atoms with E-state index in [1.54, 1.807) is 24.3 Å². The Labute approximate surface area is 752 Å². The van der Waals surface area contributed by atoms with Gasteiger partial charge in [-0.1, -0.05) is 307 Å². The van der Waals surface area contributed by atoms with Gasteiger partial charge in [-0.15, -0.1) is 0 Å². The lowest BCUT2D eigenvalue weighted by Gasteiger charge is -2.39. The molecule has 2 N–H and O–H groups in total. The second kappa shape index (κ2) is 55.0. The van der Waals surface area contributed by atoms with Gasteiger partial charge in [0.05, 0.1) is 24.9 Å². The van der Waals surface area contributed by atoms with Crippen LogP contribution in [-0.4, -0.2) is 60.3 Å². The predicted octanol–water partition coefficient (Wildman–Crippen LogP) is 33.0. The highest BCUT2D eigenvalue weighted by Crippen LogP contribution is 2.60. The zero-order valence-electron chi connectivity index (χ0n) is 82.0. The molecule has 10 nitrogen and oxygen atoms in total. The molecule has 0 aliphatic heterocycles. The predicted molar refractivity (Wildman–Crippen MR) is 518 cm³/mol. The number of phenolic OH excluding ortho intramolecular Hbond substituents is 2. The third kappa shape index (κ3) is 36.2. The summed E-state index contributed by atoms with van der Waals surface area (Å²) in [5.41, 5.74) is 8.07. The summed E-state index contributed by atoms with van der Waals surface area (Å²) in [6.45, 7) is 51.2. The Morgan fingerprint density at radius 2 is 0.699 bits per heavy atom. The Kier molecular flexibility index (Phi) is 46.5. The first-order valence-electron chi connectivity index (χ1n) is 50.1. The van der Waals surface area contributed by atoms with Crippen LogP contribution >= 0.6 is 0 Å². The largest absolute Gasteiger partial charge is 0.508 e. The van der Waals surface area contributed by atoms with Crippen molar-refractivity contribution in [2.24, 2.45) is 64.6 Å². The number of aromatic hydroxyl groups is 2. The van der Waals surface area contributed by atoms with Gasteiger partial charge in [0.25, 0.3) is 0 Å². The maximum atomic E-state index is 9.01. The standard InChI is InChI=1S/C28H46O2.C24H36O2.C23H38O2.C18H30O2.2C10H14O/c1-5-22(4)23-16-18-26(19-17-23)30-28(29-21(2)3)20-27(24-12-8-6-9-13-24)25-14-10-7-11-15-25;1-5-16(4)17-9-11-19(12-10-17)25-24(15(2)3)26-23-14-18-13-22(23)21-8-6-7-20(18)21;1-5-19(4)21-11-13-22(14-12-21)25-23(17-18(2)3)24-16-15-20-9-7-6-8-10-20;1-8-14(4)15-9-11-16(12-10-15)20-17(18(5,6)7)19-13(2)3;2*1-3-8(2)9-4-6-10(11)7-5-9/h16-19,21-22,24-25,27-28H,5-15,20H2,1-4H3;9-12,15-16,18,20-24H,5-8,13-14H2,1-4H3;11-14,18-20,23H,5-10,15-17H2,1-4H3;9-14,17H,8H2,1-7H3;2*4-8,11H,3H2,1-2H3. The normalized spacial score (nSPS) is 21.0. The average Bonchev–Trinajstić information content (AvgIpc) is 1.59. The molecule has 6 aliphatic rings. The minimum Gasteiger partial charge on any atom is -0.508 e. The van der Waals surface area contributed by atoms with E-state index in [2.05, 4.69) is 230 Å². The van der Waals surface area contributed by atoms with Crippen molar-refractivity contribution in [2.75, 3.05) is 6.61 Å². The number of hydrogen-bond donors (Lipinski definition) is 2. The highest BCUT2D eigenvalue weighted by molar-refractivity contribution is 5.34. The van der Waals surface area contributed by atoms with E-state index < -0.39 is 0 Å². The van der Waals surface area contributed by atoms with Crippen molar-refractivity contribution >= 4 is 0 Å². The molecular weight excluding hydrogens is 1520 g/mol. The summed E-state index contributed by atoms with van der Waals surface area (Å²) in [7, 11) is 0. The summed E-state index contributed by atoms with van der Waals surface area (Å²) in [4.78, 5) is 0. The van der Waals surface area contributed by atoms with Crippen LogP contribution < -0.4 is 18.9 Å². The van der Waals surface area contributed by atoms with E-state index >= 15 is 0 Å². The van der Waals surface area contributed by atoms with E-state index in [9.17, 15) is 0 Å². The highest BCUT2D eigenvalue weighted by atomic mass is 16.7. The van der Waals surface area contributed by atoms with E-state index in [0.717, 1.165) is 109 Å².